The number of nitro groups is 1. The second-order valence-corrected chi connectivity index (χ2v) is 5.83. The molecule has 2 aromatic rings. The van der Waals surface area contributed by atoms with E-state index in [4.69, 9.17) is 0 Å². The lowest BCUT2D eigenvalue weighted by Gasteiger charge is -2.20. The summed E-state index contributed by atoms with van der Waals surface area (Å²) >= 11 is 0. The van der Waals surface area contributed by atoms with Gasteiger partial charge in [-0.05, 0) is 31.0 Å². The Balaban J connectivity index is 2.30. The van der Waals surface area contributed by atoms with Gasteiger partial charge in [-0.1, -0.05) is 23.8 Å². The Kier molecular flexibility index (Phi) is 5.18. The van der Waals surface area contributed by atoms with Crippen LogP contribution in [0.4, 0.5) is 11.4 Å². The number of carbonyl (C=O) groups is 1. The van der Waals surface area contributed by atoms with Crippen LogP contribution in [0.1, 0.15) is 27.0 Å². The molecule has 0 aliphatic rings. The standard InChI is InChI=1S/C18H21N3O3/c1-12-5-6-14(13(2)9-12)11-20(4)18(22)16-10-15(21(23)24)7-8-17(16)19-3/h5-10,19H,11H2,1-4H3. The zero-order chi connectivity index (χ0) is 17.9. The van der Waals surface area contributed by atoms with E-state index >= 15 is 0 Å². The maximum atomic E-state index is 12.7. The van der Waals surface area contributed by atoms with Crippen LogP contribution in [0.3, 0.4) is 0 Å². The average Bonchev–Trinajstić information content (AvgIpc) is 2.55. The number of hydrogen-bond donors (Lipinski definition) is 1. The number of nitro benzene ring substituents is 1. The van der Waals surface area contributed by atoms with Crippen LogP contribution in [0.2, 0.25) is 0 Å². The van der Waals surface area contributed by atoms with Crippen molar-refractivity contribution in [1.29, 1.82) is 0 Å². The molecule has 1 amide bonds. The molecular formula is C18H21N3O3. The highest BCUT2D eigenvalue weighted by molar-refractivity contribution is 6.00. The van der Waals surface area contributed by atoms with E-state index in [9.17, 15) is 14.9 Å². The molecule has 6 nitrogen and oxygen atoms in total. The van der Waals surface area contributed by atoms with E-state index in [2.05, 4.69) is 11.4 Å². The minimum atomic E-state index is -0.500. The van der Waals surface area contributed by atoms with Crippen molar-refractivity contribution in [3.05, 3.63) is 68.8 Å². The lowest BCUT2D eigenvalue weighted by atomic mass is 10.0. The molecule has 0 aromatic heterocycles. The fourth-order valence-corrected chi connectivity index (χ4v) is 2.60. The molecule has 0 saturated heterocycles. The highest BCUT2D eigenvalue weighted by Crippen LogP contribution is 2.24. The minimum Gasteiger partial charge on any atom is -0.387 e. The largest absolute Gasteiger partial charge is 0.387 e. The molecule has 126 valence electrons. The molecule has 0 unspecified atom stereocenters. The van der Waals surface area contributed by atoms with E-state index in [1.165, 1.54) is 17.7 Å². The maximum absolute atomic E-state index is 12.7. The molecule has 0 fully saturated rings. The van der Waals surface area contributed by atoms with Crippen LogP contribution in [0.5, 0.6) is 0 Å². The van der Waals surface area contributed by atoms with Gasteiger partial charge in [-0.3, -0.25) is 14.9 Å². The van der Waals surface area contributed by atoms with Crippen molar-refractivity contribution in [2.75, 3.05) is 19.4 Å². The van der Waals surface area contributed by atoms with Gasteiger partial charge in [0.05, 0.1) is 10.5 Å². The Morgan fingerprint density at radius 3 is 2.50 bits per heavy atom. The monoisotopic (exact) mass is 327 g/mol. The third-order valence-corrected chi connectivity index (χ3v) is 3.97. The summed E-state index contributed by atoms with van der Waals surface area (Å²) in [5, 5.41) is 13.9. The Morgan fingerprint density at radius 2 is 1.92 bits per heavy atom. The zero-order valence-electron chi connectivity index (χ0n) is 14.3. The summed E-state index contributed by atoms with van der Waals surface area (Å²) in [6.45, 7) is 4.47. The van der Waals surface area contributed by atoms with Crippen LogP contribution in [0.25, 0.3) is 0 Å². The van der Waals surface area contributed by atoms with E-state index in [0.717, 1.165) is 11.1 Å². The second-order valence-electron chi connectivity index (χ2n) is 5.83. The summed E-state index contributed by atoms with van der Waals surface area (Å²) < 4.78 is 0. The van der Waals surface area contributed by atoms with Crippen molar-refractivity contribution in [3.63, 3.8) is 0 Å². The van der Waals surface area contributed by atoms with Crippen LogP contribution >= 0.6 is 0 Å². The quantitative estimate of drug-likeness (QED) is 0.673. The van der Waals surface area contributed by atoms with Crippen molar-refractivity contribution in [2.45, 2.75) is 20.4 Å². The Morgan fingerprint density at radius 1 is 1.21 bits per heavy atom. The number of rotatable bonds is 5. The fraction of sp³-hybridized carbons (Fsp3) is 0.278. The van der Waals surface area contributed by atoms with Gasteiger partial charge in [0.25, 0.3) is 11.6 Å². The van der Waals surface area contributed by atoms with Crippen LogP contribution in [0.15, 0.2) is 36.4 Å². The number of amides is 1. The Labute approximate surface area is 141 Å². The smallest absolute Gasteiger partial charge is 0.270 e. The number of non-ortho nitro benzene ring substituents is 1. The Bertz CT molecular complexity index is 787. The fourth-order valence-electron chi connectivity index (χ4n) is 2.60. The van der Waals surface area contributed by atoms with Crippen molar-refractivity contribution in [1.82, 2.24) is 4.90 Å². The predicted molar refractivity (Wildman–Crippen MR) is 94.4 cm³/mol. The highest BCUT2D eigenvalue weighted by atomic mass is 16.6. The topological polar surface area (TPSA) is 75.5 Å². The SMILES string of the molecule is CNc1ccc([N+](=O)[O-])cc1C(=O)N(C)Cc1ccc(C)cc1C. The van der Waals surface area contributed by atoms with E-state index in [1.807, 2.05) is 26.0 Å². The van der Waals surface area contributed by atoms with Crippen molar-refractivity contribution in [2.24, 2.45) is 0 Å². The van der Waals surface area contributed by atoms with Crippen LogP contribution < -0.4 is 5.32 Å². The van der Waals surface area contributed by atoms with Crippen molar-refractivity contribution in [3.8, 4) is 0 Å². The first kappa shape index (κ1) is 17.5. The summed E-state index contributed by atoms with van der Waals surface area (Å²) in [6.07, 6.45) is 0. The number of anilines is 1. The van der Waals surface area contributed by atoms with Gasteiger partial charge < -0.3 is 10.2 Å². The molecule has 0 spiro atoms. The van der Waals surface area contributed by atoms with Gasteiger partial charge in [-0.25, -0.2) is 0 Å². The first-order chi connectivity index (χ1) is 11.3. The summed E-state index contributed by atoms with van der Waals surface area (Å²) in [7, 11) is 3.38. The Hall–Kier alpha value is -2.89. The summed E-state index contributed by atoms with van der Waals surface area (Å²) in [5.74, 6) is -0.261. The number of benzene rings is 2. The molecule has 2 aromatic carbocycles. The lowest BCUT2D eigenvalue weighted by molar-refractivity contribution is -0.384. The molecule has 0 saturated carbocycles. The molecule has 0 atom stereocenters. The third kappa shape index (κ3) is 3.71. The van der Waals surface area contributed by atoms with Crippen LogP contribution in [0, 0.1) is 24.0 Å². The number of carbonyl (C=O) groups excluding carboxylic acids is 1. The van der Waals surface area contributed by atoms with Crippen molar-refractivity contribution >= 4 is 17.3 Å². The number of nitrogens with zero attached hydrogens (tertiary/aromatic N) is 2. The third-order valence-electron chi connectivity index (χ3n) is 3.97. The molecule has 0 radical (unpaired) electrons. The van der Waals surface area contributed by atoms with E-state index < -0.39 is 4.92 Å². The summed E-state index contributed by atoms with van der Waals surface area (Å²) in [5.41, 5.74) is 4.09. The van der Waals surface area contributed by atoms with E-state index in [1.54, 1.807) is 25.1 Å². The molecule has 2 rings (SSSR count). The van der Waals surface area contributed by atoms with Gasteiger partial charge in [-0.2, -0.15) is 0 Å². The first-order valence-corrected chi connectivity index (χ1v) is 7.61. The lowest BCUT2D eigenvalue weighted by Crippen LogP contribution is -2.27. The average molecular weight is 327 g/mol. The minimum absolute atomic E-state index is 0.0998. The molecule has 1 N–H and O–H groups in total. The predicted octanol–water partition coefficient (Wildman–Crippen LogP) is 3.53. The molecular weight excluding hydrogens is 306 g/mol. The first-order valence-electron chi connectivity index (χ1n) is 7.61. The van der Waals surface area contributed by atoms with Gasteiger partial charge in [0, 0.05) is 38.5 Å². The van der Waals surface area contributed by atoms with E-state index in [-0.39, 0.29) is 11.6 Å². The zero-order valence-corrected chi connectivity index (χ0v) is 14.3. The van der Waals surface area contributed by atoms with Gasteiger partial charge in [-0.15, -0.1) is 0 Å². The maximum Gasteiger partial charge on any atom is 0.270 e. The summed E-state index contributed by atoms with van der Waals surface area (Å²) in [6, 6.07) is 10.3. The van der Waals surface area contributed by atoms with Gasteiger partial charge in [0.15, 0.2) is 0 Å². The summed E-state index contributed by atoms with van der Waals surface area (Å²) in [4.78, 5) is 24.8. The van der Waals surface area contributed by atoms with Gasteiger partial charge >= 0.3 is 0 Å². The molecule has 6 heteroatoms. The highest BCUT2D eigenvalue weighted by Gasteiger charge is 2.20. The van der Waals surface area contributed by atoms with E-state index in [0.29, 0.717) is 17.8 Å². The number of aryl methyl sites for hydroxylation is 2. The normalized spacial score (nSPS) is 10.3. The molecule has 0 aliphatic carbocycles. The van der Waals surface area contributed by atoms with Crippen molar-refractivity contribution < 1.29 is 9.72 Å². The van der Waals surface area contributed by atoms with Crippen LogP contribution in [-0.4, -0.2) is 29.8 Å². The number of hydrogen-bond acceptors (Lipinski definition) is 4. The number of nitrogens with one attached hydrogen (secondary N) is 1. The van der Waals surface area contributed by atoms with Crippen LogP contribution in [-0.2, 0) is 6.54 Å². The molecule has 0 aliphatic heterocycles. The second kappa shape index (κ2) is 7.12. The van der Waals surface area contributed by atoms with Gasteiger partial charge in [0.2, 0.25) is 0 Å². The molecule has 0 heterocycles. The molecule has 0 bridgehead atoms. The van der Waals surface area contributed by atoms with Gasteiger partial charge in [0.1, 0.15) is 0 Å². The molecule has 24 heavy (non-hydrogen) atoms.